The van der Waals surface area contributed by atoms with Gasteiger partial charge in [0, 0.05) is 6.61 Å². The van der Waals surface area contributed by atoms with E-state index < -0.39 is 11.4 Å². The van der Waals surface area contributed by atoms with E-state index in [0.29, 0.717) is 13.0 Å². The zero-order chi connectivity index (χ0) is 15.2. The van der Waals surface area contributed by atoms with Crippen LogP contribution < -0.4 is 0 Å². The number of carboxylic acids is 1. The molecule has 20 heavy (non-hydrogen) atoms. The SMILES string of the molecule is CCCCC1CCC(CCOC(C)(C)C)(C(=O)O)CC1. The van der Waals surface area contributed by atoms with Crippen molar-refractivity contribution >= 4 is 5.97 Å². The van der Waals surface area contributed by atoms with Crippen LogP contribution in [0.2, 0.25) is 0 Å². The molecule has 0 bridgehead atoms. The molecule has 0 atom stereocenters. The Bertz CT molecular complexity index is 296. The van der Waals surface area contributed by atoms with Crippen molar-refractivity contribution in [3.63, 3.8) is 0 Å². The fraction of sp³-hybridized carbons (Fsp3) is 0.941. The van der Waals surface area contributed by atoms with E-state index in [0.717, 1.165) is 31.6 Å². The maximum Gasteiger partial charge on any atom is 0.309 e. The van der Waals surface area contributed by atoms with Gasteiger partial charge in [0.15, 0.2) is 0 Å². The Morgan fingerprint density at radius 1 is 1.30 bits per heavy atom. The zero-order valence-electron chi connectivity index (χ0n) is 13.7. The number of unbranched alkanes of at least 4 members (excludes halogenated alkanes) is 1. The first kappa shape index (κ1) is 17.5. The van der Waals surface area contributed by atoms with Crippen LogP contribution in [0, 0.1) is 11.3 Å². The van der Waals surface area contributed by atoms with Crippen LogP contribution in [0.25, 0.3) is 0 Å². The highest BCUT2D eigenvalue weighted by atomic mass is 16.5. The van der Waals surface area contributed by atoms with Crippen molar-refractivity contribution in [3.8, 4) is 0 Å². The van der Waals surface area contributed by atoms with E-state index in [1.165, 1.54) is 19.3 Å². The number of hydrogen-bond acceptors (Lipinski definition) is 2. The van der Waals surface area contributed by atoms with Crippen LogP contribution in [0.1, 0.15) is 79.1 Å². The van der Waals surface area contributed by atoms with Gasteiger partial charge in [-0.3, -0.25) is 4.79 Å². The topological polar surface area (TPSA) is 46.5 Å². The number of carboxylic acid groups (broad SMARTS) is 1. The van der Waals surface area contributed by atoms with Gasteiger partial charge in [0.2, 0.25) is 0 Å². The van der Waals surface area contributed by atoms with E-state index in [4.69, 9.17) is 4.74 Å². The average Bonchev–Trinajstić information content (AvgIpc) is 2.36. The molecule has 0 aromatic rings. The number of ether oxygens (including phenoxy) is 1. The van der Waals surface area contributed by atoms with E-state index in [2.05, 4.69) is 6.92 Å². The standard InChI is InChI=1S/C17H32O3/c1-5-6-7-14-8-10-17(11-9-14,15(18)19)12-13-20-16(2,3)4/h14H,5-13H2,1-4H3,(H,18,19). The molecule has 0 spiro atoms. The summed E-state index contributed by atoms with van der Waals surface area (Å²) in [6, 6.07) is 0. The van der Waals surface area contributed by atoms with Crippen molar-refractivity contribution in [3.05, 3.63) is 0 Å². The fourth-order valence-electron chi connectivity index (χ4n) is 3.14. The summed E-state index contributed by atoms with van der Waals surface area (Å²) in [5, 5.41) is 9.62. The van der Waals surface area contributed by atoms with Crippen LogP contribution in [-0.2, 0) is 9.53 Å². The highest BCUT2D eigenvalue weighted by Gasteiger charge is 2.41. The van der Waals surface area contributed by atoms with Gasteiger partial charge in [-0.05, 0) is 58.8 Å². The third-order valence-corrected chi connectivity index (χ3v) is 4.60. The molecular formula is C17H32O3. The summed E-state index contributed by atoms with van der Waals surface area (Å²) < 4.78 is 5.74. The predicted octanol–water partition coefficient (Wildman–Crippen LogP) is 4.64. The summed E-state index contributed by atoms with van der Waals surface area (Å²) in [5.74, 6) is 0.120. The van der Waals surface area contributed by atoms with Gasteiger partial charge in [0.25, 0.3) is 0 Å². The lowest BCUT2D eigenvalue weighted by Crippen LogP contribution is -2.37. The number of hydrogen-bond donors (Lipinski definition) is 1. The third-order valence-electron chi connectivity index (χ3n) is 4.60. The Hall–Kier alpha value is -0.570. The Labute approximate surface area is 124 Å². The highest BCUT2D eigenvalue weighted by molar-refractivity contribution is 5.74. The van der Waals surface area contributed by atoms with Crippen molar-refractivity contribution in [2.75, 3.05) is 6.61 Å². The van der Waals surface area contributed by atoms with Gasteiger partial charge in [0.1, 0.15) is 0 Å². The van der Waals surface area contributed by atoms with Crippen LogP contribution in [0.4, 0.5) is 0 Å². The Balaban J connectivity index is 2.47. The van der Waals surface area contributed by atoms with E-state index in [1.54, 1.807) is 0 Å². The van der Waals surface area contributed by atoms with Crippen LogP contribution in [-0.4, -0.2) is 23.3 Å². The highest BCUT2D eigenvalue weighted by Crippen LogP contribution is 2.43. The molecule has 0 unspecified atom stereocenters. The van der Waals surface area contributed by atoms with Crippen molar-refractivity contribution in [2.45, 2.75) is 84.7 Å². The lowest BCUT2D eigenvalue weighted by atomic mass is 9.68. The molecule has 0 saturated heterocycles. The molecule has 0 heterocycles. The minimum atomic E-state index is -0.621. The number of aliphatic carboxylic acids is 1. The van der Waals surface area contributed by atoms with Crippen LogP contribution in [0.3, 0.4) is 0 Å². The molecule has 118 valence electrons. The summed E-state index contributed by atoms with van der Waals surface area (Å²) in [6.45, 7) is 8.82. The summed E-state index contributed by atoms with van der Waals surface area (Å²) in [5.41, 5.74) is -0.716. The Morgan fingerprint density at radius 2 is 1.90 bits per heavy atom. The normalized spacial score (nSPS) is 27.5. The van der Waals surface area contributed by atoms with Gasteiger partial charge in [0.05, 0.1) is 11.0 Å². The van der Waals surface area contributed by atoms with Crippen LogP contribution in [0.5, 0.6) is 0 Å². The van der Waals surface area contributed by atoms with Gasteiger partial charge in [-0.15, -0.1) is 0 Å². The zero-order valence-corrected chi connectivity index (χ0v) is 13.7. The molecule has 0 aromatic heterocycles. The van der Waals surface area contributed by atoms with Gasteiger partial charge < -0.3 is 9.84 Å². The summed E-state index contributed by atoms with van der Waals surface area (Å²) >= 11 is 0. The molecule has 3 heteroatoms. The van der Waals surface area contributed by atoms with E-state index >= 15 is 0 Å². The van der Waals surface area contributed by atoms with E-state index in [-0.39, 0.29) is 5.60 Å². The maximum absolute atomic E-state index is 11.7. The van der Waals surface area contributed by atoms with E-state index in [1.807, 2.05) is 20.8 Å². The van der Waals surface area contributed by atoms with Gasteiger partial charge in [-0.25, -0.2) is 0 Å². The van der Waals surface area contributed by atoms with Crippen molar-refractivity contribution in [2.24, 2.45) is 11.3 Å². The molecule has 1 saturated carbocycles. The first-order chi connectivity index (χ1) is 9.29. The van der Waals surface area contributed by atoms with Gasteiger partial charge >= 0.3 is 5.97 Å². The van der Waals surface area contributed by atoms with Crippen molar-refractivity contribution in [1.82, 2.24) is 0 Å². The van der Waals surface area contributed by atoms with Crippen molar-refractivity contribution in [1.29, 1.82) is 0 Å². The van der Waals surface area contributed by atoms with E-state index in [9.17, 15) is 9.90 Å². The van der Waals surface area contributed by atoms with Crippen LogP contribution in [0.15, 0.2) is 0 Å². The van der Waals surface area contributed by atoms with Gasteiger partial charge in [-0.1, -0.05) is 26.2 Å². The molecule has 1 N–H and O–H groups in total. The second kappa shape index (κ2) is 7.44. The molecule has 0 aromatic carbocycles. The van der Waals surface area contributed by atoms with Gasteiger partial charge in [-0.2, -0.15) is 0 Å². The molecule has 1 aliphatic rings. The molecular weight excluding hydrogens is 252 g/mol. The maximum atomic E-state index is 11.7. The summed E-state index contributed by atoms with van der Waals surface area (Å²) in [6.07, 6.45) is 8.22. The third kappa shape index (κ3) is 5.43. The largest absolute Gasteiger partial charge is 0.481 e. The molecule has 0 aliphatic heterocycles. The van der Waals surface area contributed by atoms with Crippen molar-refractivity contribution < 1.29 is 14.6 Å². The Kier molecular flexibility index (Phi) is 6.50. The second-order valence-corrected chi connectivity index (χ2v) is 7.38. The minimum absolute atomic E-state index is 0.183. The summed E-state index contributed by atoms with van der Waals surface area (Å²) in [4.78, 5) is 11.7. The molecule has 0 amide bonds. The molecule has 1 aliphatic carbocycles. The van der Waals surface area contributed by atoms with Crippen LogP contribution >= 0.6 is 0 Å². The summed E-state index contributed by atoms with van der Waals surface area (Å²) in [7, 11) is 0. The lowest BCUT2D eigenvalue weighted by Gasteiger charge is -2.37. The smallest absolute Gasteiger partial charge is 0.309 e. The fourth-order valence-corrected chi connectivity index (χ4v) is 3.14. The minimum Gasteiger partial charge on any atom is -0.481 e. The Morgan fingerprint density at radius 3 is 2.35 bits per heavy atom. The first-order valence-corrected chi connectivity index (χ1v) is 8.16. The quantitative estimate of drug-likeness (QED) is 0.740. The number of carbonyl (C=O) groups is 1. The average molecular weight is 284 g/mol. The molecule has 1 rings (SSSR count). The second-order valence-electron chi connectivity index (χ2n) is 7.38. The predicted molar refractivity (Wildman–Crippen MR) is 81.9 cm³/mol. The number of rotatable bonds is 7. The molecule has 1 fully saturated rings. The monoisotopic (exact) mass is 284 g/mol. The first-order valence-electron chi connectivity index (χ1n) is 8.16. The molecule has 3 nitrogen and oxygen atoms in total. The lowest BCUT2D eigenvalue weighted by molar-refractivity contribution is -0.154. The molecule has 0 radical (unpaired) electrons.